The first kappa shape index (κ1) is 26.4. The van der Waals surface area contributed by atoms with Gasteiger partial charge >= 0.3 is 0 Å². The van der Waals surface area contributed by atoms with E-state index >= 15 is 0 Å². The van der Waals surface area contributed by atoms with E-state index in [1.54, 1.807) is 0 Å². The van der Waals surface area contributed by atoms with Gasteiger partial charge in [-0.1, -0.05) is 56.1 Å². The van der Waals surface area contributed by atoms with Crippen molar-refractivity contribution in [3.05, 3.63) is 52.3 Å². The van der Waals surface area contributed by atoms with E-state index in [9.17, 15) is 4.79 Å². The van der Waals surface area contributed by atoms with Gasteiger partial charge in [-0.3, -0.25) is 14.7 Å². The maximum absolute atomic E-state index is 13.4. The molecule has 0 aliphatic carbocycles. The summed E-state index contributed by atoms with van der Waals surface area (Å²) in [5.41, 5.74) is 3.08. The largest absolute Gasteiger partial charge is 0.337 e. The number of piperazine rings is 1. The number of carbonyl (C=O) groups excluding carboxylic acids is 1. The lowest BCUT2D eigenvalue weighted by Gasteiger charge is -2.47. The fourth-order valence-electron chi connectivity index (χ4n) is 5.25. The molecule has 0 saturated carbocycles. The Kier molecular flexibility index (Phi) is 8.42. The second kappa shape index (κ2) is 11.2. The molecule has 2 fully saturated rings. The summed E-state index contributed by atoms with van der Waals surface area (Å²) in [5, 5.41) is 1.10. The van der Waals surface area contributed by atoms with E-state index in [0.29, 0.717) is 28.3 Å². The molecule has 0 radical (unpaired) electrons. The van der Waals surface area contributed by atoms with Crippen molar-refractivity contribution >= 4 is 29.1 Å². The third kappa shape index (κ3) is 6.76. The van der Waals surface area contributed by atoms with Gasteiger partial charge in [0, 0.05) is 50.4 Å². The number of carbonyl (C=O) groups is 1. The lowest BCUT2D eigenvalue weighted by Crippen LogP contribution is -2.59. The van der Waals surface area contributed by atoms with Crippen LogP contribution in [0.4, 0.5) is 0 Å². The smallest absolute Gasteiger partial charge is 0.223 e. The van der Waals surface area contributed by atoms with Crippen LogP contribution in [0.2, 0.25) is 10.0 Å². The molecule has 2 aromatic rings. The fourth-order valence-corrected chi connectivity index (χ4v) is 5.54. The summed E-state index contributed by atoms with van der Waals surface area (Å²) in [7, 11) is 2.17. The Balaban J connectivity index is 1.38. The molecule has 0 unspecified atom stereocenters. The molecule has 2 saturated heterocycles. The summed E-state index contributed by atoms with van der Waals surface area (Å²) in [6.07, 6.45) is 4.86. The van der Waals surface area contributed by atoms with Gasteiger partial charge in [0.15, 0.2) is 0 Å². The first-order valence-corrected chi connectivity index (χ1v) is 13.5. The molecular weight excluding hydrogens is 479 g/mol. The van der Waals surface area contributed by atoms with Gasteiger partial charge in [-0.15, -0.1) is 0 Å². The van der Waals surface area contributed by atoms with E-state index in [2.05, 4.69) is 54.7 Å². The summed E-state index contributed by atoms with van der Waals surface area (Å²) < 4.78 is 0. The number of hydrogen-bond acceptors (Lipinski definition) is 4. The zero-order valence-corrected chi connectivity index (χ0v) is 22.9. The van der Waals surface area contributed by atoms with Crippen molar-refractivity contribution in [2.45, 2.75) is 52.6 Å². The molecule has 35 heavy (non-hydrogen) atoms. The van der Waals surface area contributed by atoms with E-state index in [4.69, 9.17) is 28.2 Å². The number of rotatable bonds is 5. The van der Waals surface area contributed by atoms with Gasteiger partial charge in [-0.2, -0.15) is 0 Å². The molecule has 2 aliphatic rings. The Hall–Kier alpha value is -1.66. The summed E-state index contributed by atoms with van der Waals surface area (Å²) in [6.45, 7) is 12.3. The molecule has 4 rings (SSSR count). The van der Waals surface area contributed by atoms with Crippen LogP contribution < -0.4 is 0 Å². The number of likely N-dealkylation sites (tertiary alicyclic amines) is 1. The summed E-state index contributed by atoms with van der Waals surface area (Å²) in [4.78, 5) is 25.1. The molecule has 190 valence electrons. The van der Waals surface area contributed by atoms with Crippen LogP contribution >= 0.6 is 23.2 Å². The number of nitrogens with zero attached hydrogens (tertiary/aromatic N) is 4. The molecule has 2 aliphatic heterocycles. The van der Waals surface area contributed by atoms with Crippen molar-refractivity contribution in [2.24, 2.45) is 11.3 Å². The monoisotopic (exact) mass is 516 g/mol. The summed E-state index contributed by atoms with van der Waals surface area (Å²) in [6, 6.07) is 10.0. The molecule has 1 amide bonds. The quantitative estimate of drug-likeness (QED) is 0.499. The normalized spacial score (nSPS) is 20.9. The zero-order chi connectivity index (χ0) is 25.2. The fraction of sp³-hybridized carbons (Fsp3) is 0.571. The topological polar surface area (TPSA) is 39.7 Å². The van der Waals surface area contributed by atoms with Gasteiger partial charge in [-0.05, 0) is 68.1 Å². The van der Waals surface area contributed by atoms with E-state index in [0.717, 1.165) is 68.9 Å². The molecule has 7 heteroatoms. The Bertz CT molecular complexity index is 1010. The van der Waals surface area contributed by atoms with Crippen LogP contribution in [0, 0.1) is 11.3 Å². The van der Waals surface area contributed by atoms with Crippen molar-refractivity contribution in [3.8, 4) is 11.1 Å². The van der Waals surface area contributed by atoms with E-state index in [1.807, 2.05) is 24.4 Å². The predicted octanol–water partition coefficient (Wildman–Crippen LogP) is 5.85. The number of aromatic nitrogens is 1. The van der Waals surface area contributed by atoms with Crippen molar-refractivity contribution in [2.75, 3.05) is 39.8 Å². The van der Waals surface area contributed by atoms with Gasteiger partial charge < -0.3 is 9.80 Å². The minimum atomic E-state index is 0.0201. The maximum atomic E-state index is 13.4. The lowest BCUT2D eigenvalue weighted by molar-refractivity contribution is -0.141. The first-order chi connectivity index (χ1) is 16.6. The van der Waals surface area contributed by atoms with Gasteiger partial charge in [0.25, 0.3) is 0 Å². The van der Waals surface area contributed by atoms with Gasteiger partial charge in [-0.25, -0.2) is 0 Å². The number of piperidine rings is 1. The van der Waals surface area contributed by atoms with Crippen LogP contribution in [-0.4, -0.2) is 71.4 Å². The molecule has 1 atom stereocenters. The average molecular weight is 518 g/mol. The summed E-state index contributed by atoms with van der Waals surface area (Å²) >= 11 is 12.2. The highest BCUT2D eigenvalue weighted by atomic mass is 35.5. The highest BCUT2D eigenvalue weighted by molar-refractivity contribution is 6.42. The molecule has 1 aromatic carbocycles. The molecule has 0 N–H and O–H groups in total. The Morgan fingerprint density at radius 2 is 1.71 bits per heavy atom. The van der Waals surface area contributed by atoms with E-state index < -0.39 is 0 Å². The number of amides is 1. The average Bonchev–Trinajstić information content (AvgIpc) is 2.82. The molecule has 0 bridgehead atoms. The van der Waals surface area contributed by atoms with Crippen LogP contribution in [0.3, 0.4) is 0 Å². The minimum Gasteiger partial charge on any atom is -0.337 e. The lowest BCUT2D eigenvalue weighted by atomic mass is 9.83. The molecule has 5 nitrogen and oxygen atoms in total. The van der Waals surface area contributed by atoms with Crippen LogP contribution in [0.1, 0.15) is 45.7 Å². The third-order valence-corrected chi connectivity index (χ3v) is 8.29. The minimum absolute atomic E-state index is 0.0201. The standard InChI is InChI=1S/C28H38Cl2N4O/c1-28(2,3)26-19-33(13-14-34(26)27(35)15-20-9-11-32(4)12-10-20)18-23-7-5-22(17-31-23)21-6-8-24(29)25(30)16-21/h5-8,16-17,20,26H,9-15,18-19H2,1-4H3/t26-/m1/s1. The van der Waals surface area contributed by atoms with Gasteiger partial charge in [0.2, 0.25) is 5.91 Å². The van der Waals surface area contributed by atoms with Gasteiger partial charge in [0.1, 0.15) is 0 Å². The number of halogens is 2. The molecular formula is C28H38Cl2N4O. The van der Waals surface area contributed by atoms with E-state index in [1.165, 1.54) is 0 Å². The highest BCUT2D eigenvalue weighted by Gasteiger charge is 2.38. The maximum Gasteiger partial charge on any atom is 0.223 e. The first-order valence-electron chi connectivity index (χ1n) is 12.7. The Morgan fingerprint density at radius 3 is 2.34 bits per heavy atom. The van der Waals surface area contributed by atoms with Gasteiger partial charge in [0.05, 0.1) is 15.7 Å². The second-order valence-electron chi connectivity index (χ2n) is 11.3. The number of hydrogen-bond donors (Lipinski definition) is 0. The van der Waals surface area contributed by atoms with Crippen molar-refractivity contribution in [3.63, 3.8) is 0 Å². The molecule has 0 spiro atoms. The summed E-state index contributed by atoms with van der Waals surface area (Å²) in [5.74, 6) is 0.860. The Morgan fingerprint density at radius 1 is 1.00 bits per heavy atom. The molecule has 3 heterocycles. The van der Waals surface area contributed by atoms with Crippen molar-refractivity contribution in [1.82, 2.24) is 19.7 Å². The SMILES string of the molecule is CN1CCC(CC(=O)N2CCN(Cc3ccc(-c4ccc(Cl)c(Cl)c4)cn3)C[C@@H]2C(C)(C)C)CC1. The second-order valence-corrected chi connectivity index (χ2v) is 12.1. The van der Waals surface area contributed by atoms with Crippen LogP contribution in [0.5, 0.6) is 0 Å². The number of benzene rings is 1. The van der Waals surface area contributed by atoms with E-state index in [-0.39, 0.29) is 11.5 Å². The van der Waals surface area contributed by atoms with Crippen molar-refractivity contribution in [1.29, 1.82) is 0 Å². The van der Waals surface area contributed by atoms with Crippen LogP contribution in [0.25, 0.3) is 11.1 Å². The van der Waals surface area contributed by atoms with Crippen LogP contribution in [0.15, 0.2) is 36.5 Å². The zero-order valence-electron chi connectivity index (χ0n) is 21.4. The van der Waals surface area contributed by atoms with Crippen molar-refractivity contribution < 1.29 is 4.79 Å². The third-order valence-electron chi connectivity index (χ3n) is 7.55. The highest BCUT2D eigenvalue weighted by Crippen LogP contribution is 2.31. The molecule has 1 aromatic heterocycles. The van der Waals surface area contributed by atoms with Crippen LogP contribution in [-0.2, 0) is 11.3 Å². The predicted molar refractivity (Wildman–Crippen MR) is 145 cm³/mol. The Labute approximate surface area is 220 Å². The number of pyridine rings is 1.